The molecule has 6 heteroatoms. The topological polar surface area (TPSA) is 49.9 Å². The Morgan fingerprint density at radius 3 is 2.77 bits per heavy atom. The summed E-state index contributed by atoms with van der Waals surface area (Å²) in [5, 5.41) is 0. The van der Waals surface area contributed by atoms with E-state index in [1.54, 1.807) is 9.80 Å². The molecule has 1 saturated heterocycles. The highest BCUT2D eigenvalue weighted by molar-refractivity contribution is 9.10. The Kier molecular flexibility index (Phi) is 5.60. The third-order valence-electron chi connectivity index (χ3n) is 3.62. The van der Waals surface area contributed by atoms with Crippen LogP contribution in [0.1, 0.15) is 6.92 Å². The van der Waals surface area contributed by atoms with Crippen LogP contribution in [-0.4, -0.2) is 53.9 Å². The van der Waals surface area contributed by atoms with Gasteiger partial charge < -0.3 is 14.5 Å². The Morgan fingerprint density at radius 1 is 1.41 bits per heavy atom. The van der Waals surface area contributed by atoms with Crippen molar-refractivity contribution in [2.24, 2.45) is 0 Å². The summed E-state index contributed by atoms with van der Waals surface area (Å²) in [7, 11) is 0. The van der Waals surface area contributed by atoms with E-state index in [2.05, 4.69) is 22.5 Å². The number of piperazine rings is 1. The van der Waals surface area contributed by atoms with Gasteiger partial charge in [-0.2, -0.15) is 0 Å². The maximum absolute atomic E-state index is 12.3. The van der Waals surface area contributed by atoms with Crippen molar-refractivity contribution in [1.29, 1.82) is 0 Å². The van der Waals surface area contributed by atoms with Crippen molar-refractivity contribution in [2.45, 2.75) is 13.0 Å². The summed E-state index contributed by atoms with van der Waals surface area (Å²) in [4.78, 5) is 27.4. The van der Waals surface area contributed by atoms with Gasteiger partial charge in [0.15, 0.2) is 6.61 Å². The van der Waals surface area contributed by atoms with Gasteiger partial charge in [-0.15, -0.1) is 0 Å². The summed E-state index contributed by atoms with van der Waals surface area (Å²) < 4.78 is 6.38. The zero-order valence-electron chi connectivity index (χ0n) is 12.5. The molecule has 1 heterocycles. The van der Waals surface area contributed by atoms with Crippen LogP contribution in [0.4, 0.5) is 0 Å². The molecule has 1 atom stereocenters. The van der Waals surface area contributed by atoms with Crippen LogP contribution < -0.4 is 4.74 Å². The van der Waals surface area contributed by atoms with Gasteiger partial charge in [0, 0.05) is 25.7 Å². The van der Waals surface area contributed by atoms with E-state index in [0.29, 0.717) is 25.4 Å². The maximum Gasteiger partial charge on any atom is 0.260 e. The third-order valence-corrected chi connectivity index (χ3v) is 4.28. The number of hydrogen-bond donors (Lipinski definition) is 0. The molecule has 5 nitrogen and oxygen atoms in total. The van der Waals surface area contributed by atoms with Crippen LogP contribution in [0.15, 0.2) is 41.4 Å². The van der Waals surface area contributed by atoms with Crippen molar-refractivity contribution in [3.63, 3.8) is 0 Å². The molecule has 0 radical (unpaired) electrons. The summed E-state index contributed by atoms with van der Waals surface area (Å²) >= 11 is 3.38. The number of para-hydroxylation sites is 1. The van der Waals surface area contributed by atoms with Gasteiger partial charge in [0.25, 0.3) is 5.91 Å². The van der Waals surface area contributed by atoms with Gasteiger partial charge in [-0.3, -0.25) is 9.59 Å². The lowest BCUT2D eigenvalue weighted by Gasteiger charge is -2.39. The number of amides is 2. The lowest BCUT2D eigenvalue weighted by Crippen LogP contribution is -2.56. The number of carbonyl (C=O) groups excluding carboxylic acids is 2. The first-order valence-corrected chi connectivity index (χ1v) is 7.90. The van der Waals surface area contributed by atoms with Crippen molar-refractivity contribution in [3.8, 4) is 5.75 Å². The fourth-order valence-corrected chi connectivity index (χ4v) is 2.84. The first kappa shape index (κ1) is 16.5. The first-order chi connectivity index (χ1) is 10.5. The lowest BCUT2D eigenvalue weighted by molar-refractivity contribution is -0.141. The molecule has 22 heavy (non-hydrogen) atoms. The van der Waals surface area contributed by atoms with Crippen LogP contribution in [0.2, 0.25) is 0 Å². The first-order valence-electron chi connectivity index (χ1n) is 7.11. The standard InChI is InChI=1S/C16H19BrN2O3/c1-3-15(20)18-8-9-19(12(2)10-18)16(21)11-22-14-7-5-4-6-13(14)17/h3-7,12H,1,8-11H2,2H3/t12-/m0/s1. The lowest BCUT2D eigenvalue weighted by atomic mass is 10.2. The predicted octanol–water partition coefficient (Wildman–Crippen LogP) is 2.07. The predicted molar refractivity (Wildman–Crippen MR) is 87.6 cm³/mol. The van der Waals surface area contributed by atoms with Crippen molar-refractivity contribution in [2.75, 3.05) is 26.2 Å². The van der Waals surface area contributed by atoms with Crippen molar-refractivity contribution < 1.29 is 14.3 Å². The van der Waals surface area contributed by atoms with Gasteiger partial charge in [-0.05, 0) is 41.1 Å². The summed E-state index contributed by atoms with van der Waals surface area (Å²) in [5.41, 5.74) is 0. The van der Waals surface area contributed by atoms with Gasteiger partial charge in [-0.1, -0.05) is 18.7 Å². The molecule has 0 bridgehead atoms. The van der Waals surface area contributed by atoms with Crippen LogP contribution in [0.25, 0.3) is 0 Å². The summed E-state index contributed by atoms with van der Waals surface area (Å²) in [6, 6.07) is 7.38. The zero-order valence-corrected chi connectivity index (χ0v) is 14.1. The van der Waals surface area contributed by atoms with Crippen LogP contribution in [0.5, 0.6) is 5.75 Å². The average molecular weight is 367 g/mol. The van der Waals surface area contributed by atoms with Crippen LogP contribution in [0.3, 0.4) is 0 Å². The monoisotopic (exact) mass is 366 g/mol. The molecule has 1 aliphatic heterocycles. The second-order valence-electron chi connectivity index (χ2n) is 5.14. The fraction of sp³-hybridized carbons (Fsp3) is 0.375. The van der Waals surface area contributed by atoms with E-state index in [1.807, 2.05) is 31.2 Å². The van der Waals surface area contributed by atoms with Crippen LogP contribution in [0, 0.1) is 0 Å². The van der Waals surface area contributed by atoms with E-state index in [4.69, 9.17) is 4.74 Å². The molecule has 2 amide bonds. The minimum Gasteiger partial charge on any atom is -0.483 e. The molecule has 0 N–H and O–H groups in total. The molecule has 0 spiro atoms. The molecule has 0 aliphatic carbocycles. The summed E-state index contributed by atoms with van der Waals surface area (Å²) in [5.74, 6) is 0.473. The highest BCUT2D eigenvalue weighted by Crippen LogP contribution is 2.23. The number of nitrogens with zero attached hydrogens (tertiary/aromatic N) is 2. The molecule has 0 unspecified atom stereocenters. The van der Waals surface area contributed by atoms with Crippen LogP contribution >= 0.6 is 15.9 Å². The Labute approximate surface area is 138 Å². The van der Waals surface area contributed by atoms with E-state index < -0.39 is 0 Å². The normalized spacial score (nSPS) is 18.0. The molecular weight excluding hydrogens is 348 g/mol. The molecule has 1 aromatic carbocycles. The summed E-state index contributed by atoms with van der Waals surface area (Å²) in [6.07, 6.45) is 1.31. The average Bonchev–Trinajstić information content (AvgIpc) is 2.53. The largest absolute Gasteiger partial charge is 0.483 e. The molecule has 118 valence electrons. The SMILES string of the molecule is C=CC(=O)N1CCN(C(=O)COc2ccccc2Br)[C@@H](C)C1. The molecule has 0 aromatic heterocycles. The Hall–Kier alpha value is -1.82. The van der Waals surface area contributed by atoms with E-state index >= 15 is 0 Å². The van der Waals surface area contributed by atoms with Gasteiger partial charge in [0.2, 0.25) is 5.91 Å². The number of ether oxygens (including phenoxy) is 1. The highest BCUT2D eigenvalue weighted by Gasteiger charge is 2.29. The second kappa shape index (κ2) is 7.45. The Morgan fingerprint density at radius 2 is 2.14 bits per heavy atom. The number of rotatable bonds is 4. The molecule has 2 rings (SSSR count). The number of benzene rings is 1. The minimum absolute atomic E-state index is 0.0115. The van der Waals surface area contributed by atoms with Gasteiger partial charge >= 0.3 is 0 Å². The maximum atomic E-state index is 12.3. The molecular formula is C16H19BrN2O3. The second-order valence-corrected chi connectivity index (χ2v) is 6.00. The number of carbonyl (C=O) groups is 2. The molecule has 1 fully saturated rings. The van der Waals surface area contributed by atoms with E-state index in [-0.39, 0.29) is 24.5 Å². The quantitative estimate of drug-likeness (QED) is 0.766. The van der Waals surface area contributed by atoms with Gasteiger partial charge in [0.1, 0.15) is 5.75 Å². The van der Waals surface area contributed by atoms with Crippen LogP contribution in [-0.2, 0) is 9.59 Å². The smallest absolute Gasteiger partial charge is 0.260 e. The van der Waals surface area contributed by atoms with Crippen molar-refractivity contribution in [3.05, 3.63) is 41.4 Å². The molecule has 0 saturated carbocycles. The van der Waals surface area contributed by atoms with Gasteiger partial charge in [0.05, 0.1) is 4.47 Å². The third kappa shape index (κ3) is 3.88. The zero-order chi connectivity index (χ0) is 16.1. The number of halogens is 1. The highest BCUT2D eigenvalue weighted by atomic mass is 79.9. The van der Waals surface area contributed by atoms with Crippen molar-refractivity contribution >= 4 is 27.7 Å². The fourth-order valence-electron chi connectivity index (χ4n) is 2.44. The molecule has 1 aromatic rings. The van der Waals surface area contributed by atoms with E-state index in [1.165, 1.54) is 6.08 Å². The number of hydrogen-bond acceptors (Lipinski definition) is 3. The van der Waals surface area contributed by atoms with E-state index in [0.717, 1.165) is 4.47 Å². The van der Waals surface area contributed by atoms with Gasteiger partial charge in [-0.25, -0.2) is 0 Å². The molecule has 1 aliphatic rings. The Balaban J connectivity index is 1.90. The van der Waals surface area contributed by atoms with E-state index in [9.17, 15) is 9.59 Å². The Bertz CT molecular complexity index is 576. The minimum atomic E-state index is -0.0941. The van der Waals surface area contributed by atoms with Crippen molar-refractivity contribution in [1.82, 2.24) is 9.80 Å². The summed E-state index contributed by atoms with van der Waals surface area (Å²) in [6.45, 7) is 6.96.